The highest BCUT2D eigenvalue weighted by atomic mass is 35.5. The van der Waals surface area contributed by atoms with E-state index in [1.165, 1.54) is 56.3 Å². The minimum absolute atomic E-state index is 0.0402. The van der Waals surface area contributed by atoms with Gasteiger partial charge in [0.25, 0.3) is 10.0 Å². The van der Waals surface area contributed by atoms with Crippen LogP contribution in [0.1, 0.15) is 5.56 Å². The monoisotopic (exact) mass is 506 g/mol. The van der Waals surface area contributed by atoms with Gasteiger partial charge >= 0.3 is 0 Å². The van der Waals surface area contributed by atoms with E-state index in [1.807, 2.05) is 24.3 Å². The highest BCUT2D eigenvalue weighted by Gasteiger charge is 2.17. The van der Waals surface area contributed by atoms with Crippen LogP contribution in [0.2, 0.25) is 5.02 Å². The first-order valence-electron chi connectivity index (χ1n) is 9.78. The predicted octanol–water partition coefficient (Wildman–Crippen LogP) is 5.03. The van der Waals surface area contributed by atoms with Crippen LogP contribution in [0, 0.1) is 0 Å². The molecule has 7 nitrogen and oxygen atoms in total. The molecule has 0 aliphatic heterocycles. The third kappa shape index (κ3) is 6.80. The molecule has 0 aliphatic rings. The van der Waals surface area contributed by atoms with Crippen molar-refractivity contribution >= 4 is 50.7 Å². The molecule has 0 unspecified atom stereocenters. The average molecular weight is 507 g/mol. The molecule has 0 atom stereocenters. The number of nitrogens with one attached hydrogen (secondary N) is 2. The molecule has 0 saturated heterocycles. The first kappa shape index (κ1) is 24.8. The van der Waals surface area contributed by atoms with E-state index < -0.39 is 10.0 Å². The first-order chi connectivity index (χ1) is 15.8. The SMILES string of the molecule is COc1ccc(OC)c(NS(=O)(=O)c2ccc(NC(=O)CSCc3ccccc3Cl)cc2)c1. The number of thioether (sulfide) groups is 1. The smallest absolute Gasteiger partial charge is 0.262 e. The zero-order chi connectivity index (χ0) is 23.8. The van der Waals surface area contributed by atoms with Crippen LogP contribution in [-0.4, -0.2) is 34.3 Å². The fourth-order valence-corrected chi connectivity index (χ4v) is 5.06. The van der Waals surface area contributed by atoms with E-state index in [4.69, 9.17) is 21.1 Å². The molecule has 3 rings (SSSR count). The van der Waals surface area contributed by atoms with E-state index in [2.05, 4.69) is 10.0 Å². The summed E-state index contributed by atoms with van der Waals surface area (Å²) in [7, 11) is -0.943. The van der Waals surface area contributed by atoms with Crippen LogP contribution < -0.4 is 19.5 Å². The number of ether oxygens (including phenoxy) is 2. The van der Waals surface area contributed by atoms with Crippen LogP contribution in [0.4, 0.5) is 11.4 Å². The number of hydrogen-bond donors (Lipinski definition) is 2. The van der Waals surface area contributed by atoms with E-state index in [-0.39, 0.29) is 22.2 Å². The molecule has 0 aliphatic carbocycles. The van der Waals surface area contributed by atoms with E-state index >= 15 is 0 Å². The van der Waals surface area contributed by atoms with Gasteiger partial charge in [-0.2, -0.15) is 0 Å². The molecule has 0 heterocycles. The molecule has 0 radical (unpaired) electrons. The van der Waals surface area contributed by atoms with Crippen LogP contribution in [0.3, 0.4) is 0 Å². The van der Waals surface area contributed by atoms with Gasteiger partial charge in [0, 0.05) is 22.5 Å². The number of benzene rings is 3. The summed E-state index contributed by atoms with van der Waals surface area (Å²) in [5, 5.41) is 3.43. The van der Waals surface area contributed by atoms with Crippen LogP contribution in [0.5, 0.6) is 11.5 Å². The van der Waals surface area contributed by atoms with Gasteiger partial charge in [-0.05, 0) is 48.0 Å². The average Bonchev–Trinajstić information content (AvgIpc) is 2.80. The third-order valence-corrected chi connectivity index (χ3v) is 7.28. The Bertz CT molecular complexity index is 1220. The van der Waals surface area contributed by atoms with Crippen molar-refractivity contribution in [3.8, 4) is 11.5 Å². The van der Waals surface area contributed by atoms with Gasteiger partial charge in [-0.15, -0.1) is 11.8 Å². The van der Waals surface area contributed by atoms with Crippen molar-refractivity contribution in [3.63, 3.8) is 0 Å². The van der Waals surface area contributed by atoms with Crippen molar-refractivity contribution in [1.82, 2.24) is 0 Å². The summed E-state index contributed by atoms with van der Waals surface area (Å²) in [6, 6.07) is 18.2. The van der Waals surface area contributed by atoms with Crippen LogP contribution >= 0.6 is 23.4 Å². The van der Waals surface area contributed by atoms with Crippen molar-refractivity contribution in [3.05, 3.63) is 77.3 Å². The third-order valence-electron chi connectivity index (χ3n) is 4.55. The molecule has 0 saturated carbocycles. The molecule has 3 aromatic rings. The van der Waals surface area contributed by atoms with Crippen LogP contribution in [0.25, 0.3) is 0 Å². The van der Waals surface area contributed by atoms with E-state index in [0.717, 1.165) is 5.56 Å². The van der Waals surface area contributed by atoms with E-state index in [1.54, 1.807) is 12.1 Å². The molecule has 174 valence electrons. The van der Waals surface area contributed by atoms with Gasteiger partial charge in [0.15, 0.2) is 0 Å². The second-order valence-corrected chi connectivity index (χ2v) is 9.90. The van der Waals surface area contributed by atoms with Gasteiger partial charge in [0.2, 0.25) is 5.91 Å². The number of carbonyl (C=O) groups excluding carboxylic acids is 1. The number of halogens is 1. The maximum atomic E-state index is 12.8. The molecule has 1 amide bonds. The number of amides is 1. The Hall–Kier alpha value is -2.88. The predicted molar refractivity (Wildman–Crippen MR) is 133 cm³/mol. The second kappa shape index (κ2) is 11.3. The van der Waals surface area contributed by atoms with Gasteiger partial charge in [-0.25, -0.2) is 8.42 Å². The summed E-state index contributed by atoms with van der Waals surface area (Å²) in [6.07, 6.45) is 0. The zero-order valence-corrected chi connectivity index (χ0v) is 20.4. The van der Waals surface area contributed by atoms with Crippen LogP contribution in [0.15, 0.2) is 71.6 Å². The molecule has 10 heteroatoms. The number of anilines is 2. The molecule has 0 bridgehead atoms. The van der Waals surface area contributed by atoms with Crippen molar-refractivity contribution in [1.29, 1.82) is 0 Å². The highest BCUT2D eigenvalue weighted by Crippen LogP contribution is 2.31. The largest absolute Gasteiger partial charge is 0.497 e. The fourth-order valence-electron chi connectivity index (χ4n) is 2.88. The summed E-state index contributed by atoms with van der Waals surface area (Å²) >= 11 is 7.56. The first-order valence-corrected chi connectivity index (χ1v) is 12.8. The fraction of sp³-hybridized carbons (Fsp3) is 0.174. The number of sulfonamides is 1. The van der Waals surface area contributed by atoms with Gasteiger partial charge in [0.1, 0.15) is 11.5 Å². The minimum atomic E-state index is -3.88. The standard InChI is InChI=1S/C23H23ClN2O5S2/c1-30-18-9-12-22(31-2)21(13-18)26-33(28,29)19-10-7-17(8-11-19)25-23(27)15-32-14-16-5-3-4-6-20(16)24/h3-13,26H,14-15H2,1-2H3,(H,25,27). The molecular weight excluding hydrogens is 484 g/mol. The maximum absolute atomic E-state index is 12.8. The van der Waals surface area contributed by atoms with Crippen molar-refractivity contribution in [2.75, 3.05) is 30.0 Å². The molecule has 0 fully saturated rings. The van der Waals surface area contributed by atoms with Crippen molar-refractivity contribution in [2.24, 2.45) is 0 Å². The molecule has 2 N–H and O–H groups in total. The molecule has 3 aromatic carbocycles. The Morgan fingerprint density at radius 1 is 1.00 bits per heavy atom. The highest BCUT2D eigenvalue weighted by molar-refractivity contribution is 7.99. The van der Waals surface area contributed by atoms with Gasteiger partial charge in [-0.3, -0.25) is 9.52 Å². The summed E-state index contributed by atoms with van der Waals surface area (Å²) in [4.78, 5) is 12.3. The number of hydrogen-bond acceptors (Lipinski definition) is 6. The van der Waals surface area contributed by atoms with Crippen molar-refractivity contribution in [2.45, 2.75) is 10.6 Å². The molecule has 33 heavy (non-hydrogen) atoms. The molecule has 0 aromatic heterocycles. The Morgan fingerprint density at radius 3 is 2.39 bits per heavy atom. The van der Waals surface area contributed by atoms with E-state index in [9.17, 15) is 13.2 Å². The lowest BCUT2D eigenvalue weighted by atomic mass is 10.2. The van der Waals surface area contributed by atoms with Crippen LogP contribution in [-0.2, 0) is 20.6 Å². The number of carbonyl (C=O) groups is 1. The Morgan fingerprint density at radius 2 is 1.73 bits per heavy atom. The van der Waals surface area contributed by atoms with Gasteiger partial charge in [0.05, 0.1) is 30.6 Å². The summed E-state index contributed by atoms with van der Waals surface area (Å²) in [5.41, 5.74) is 1.72. The Balaban J connectivity index is 1.60. The van der Waals surface area contributed by atoms with Gasteiger partial charge < -0.3 is 14.8 Å². The number of methoxy groups -OCH3 is 2. The quantitative estimate of drug-likeness (QED) is 0.400. The summed E-state index contributed by atoms with van der Waals surface area (Å²) in [5.74, 6) is 1.50. The topological polar surface area (TPSA) is 93.7 Å². The normalized spacial score (nSPS) is 11.0. The second-order valence-electron chi connectivity index (χ2n) is 6.83. The summed E-state index contributed by atoms with van der Waals surface area (Å²) in [6.45, 7) is 0. The zero-order valence-electron chi connectivity index (χ0n) is 18.0. The maximum Gasteiger partial charge on any atom is 0.262 e. The van der Waals surface area contributed by atoms with Gasteiger partial charge in [-0.1, -0.05) is 29.8 Å². The Labute approximate surface area is 202 Å². The molecule has 0 spiro atoms. The van der Waals surface area contributed by atoms with E-state index in [0.29, 0.717) is 28.0 Å². The lowest BCUT2D eigenvalue weighted by molar-refractivity contribution is -0.113. The number of rotatable bonds is 10. The lowest BCUT2D eigenvalue weighted by Gasteiger charge is -2.13. The molecular formula is C23H23ClN2O5S2. The minimum Gasteiger partial charge on any atom is -0.497 e. The lowest BCUT2D eigenvalue weighted by Crippen LogP contribution is -2.15. The summed E-state index contributed by atoms with van der Waals surface area (Å²) < 4.78 is 38.5. The Kier molecular flexibility index (Phi) is 8.49. The van der Waals surface area contributed by atoms with Crippen molar-refractivity contribution < 1.29 is 22.7 Å².